The van der Waals surface area contributed by atoms with Gasteiger partial charge in [0.2, 0.25) is 5.91 Å². The third-order valence-electron chi connectivity index (χ3n) is 3.07. The van der Waals surface area contributed by atoms with E-state index >= 15 is 0 Å². The van der Waals surface area contributed by atoms with Crippen molar-refractivity contribution in [3.63, 3.8) is 0 Å². The van der Waals surface area contributed by atoms with Crippen molar-refractivity contribution in [1.82, 2.24) is 0 Å². The minimum absolute atomic E-state index is 0.0132. The largest absolute Gasteiger partial charge is 0.496 e. The molecule has 0 aromatic heterocycles. The fraction of sp³-hybridized carbons (Fsp3) is 0.533. The zero-order valence-electron chi connectivity index (χ0n) is 12.2. The van der Waals surface area contributed by atoms with Crippen LogP contribution in [-0.4, -0.2) is 19.6 Å². The van der Waals surface area contributed by atoms with Crippen molar-refractivity contribution >= 4 is 11.6 Å². The molecule has 0 spiro atoms. The first-order chi connectivity index (χ1) is 8.97. The lowest BCUT2D eigenvalue weighted by molar-refractivity contribution is -0.120. The molecule has 1 aromatic rings. The molecule has 0 saturated carbocycles. The zero-order chi connectivity index (χ0) is 14.4. The number of nitrogens with two attached hydrogens (primary N) is 1. The molecule has 4 nitrogen and oxygen atoms in total. The molecule has 0 radical (unpaired) electrons. The minimum Gasteiger partial charge on any atom is -0.496 e. The van der Waals surface area contributed by atoms with Gasteiger partial charge < -0.3 is 15.8 Å². The summed E-state index contributed by atoms with van der Waals surface area (Å²) < 4.78 is 5.19. The predicted octanol–water partition coefficient (Wildman–Crippen LogP) is 2.56. The predicted molar refractivity (Wildman–Crippen MR) is 78.4 cm³/mol. The summed E-state index contributed by atoms with van der Waals surface area (Å²) in [5.74, 6) is 1.12. The van der Waals surface area contributed by atoms with Crippen LogP contribution in [0.2, 0.25) is 0 Å². The summed E-state index contributed by atoms with van der Waals surface area (Å²) in [4.78, 5) is 12.1. The summed E-state index contributed by atoms with van der Waals surface area (Å²) in [7, 11) is 1.63. The number of rotatable bonds is 6. The molecule has 19 heavy (non-hydrogen) atoms. The molecule has 3 N–H and O–H groups in total. The molecule has 0 heterocycles. The standard InChI is InChI=1S/C15H24N2O2/c1-10(2)7-12(9-16)15(18)17-13-5-6-14(19-4)11(3)8-13/h5-6,8,10,12H,7,9,16H2,1-4H3,(H,17,18). The number of nitrogens with one attached hydrogen (secondary N) is 1. The van der Waals surface area contributed by atoms with Crippen molar-refractivity contribution in [2.24, 2.45) is 17.6 Å². The molecule has 1 rings (SSSR count). The van der Waals surface area contributed by atoms with Crippen LogP contribution in [0.25, 0.3) is 0 Å². The Morgan fingerprint density at radius 1 is 1.42 bits per heavy atom. The average molecular weight is 264 g/mol. The Hall–Kier alpha value is -1.55. The quantitative estimate of drug-likeness (QED) is 0.830. The first kappa shape index (κ1) is 15.5. The summed E-state index contributed by atoms with van der Waals surface area (Å²) in [6.45, 7) is 6.50. The van der Waals surface area contributed by atoms with Gasteiger partial charge in [-0.25, -0.2) is 0 Å². The van der Waals surface area contributed by atoms with E-state index in [2.05, 4.69) is 19.2 Å². The van der Waals surface area contributed by atoms with Gasteiger partial charge in [0.1, 0.15) is 5.75 Å². The highest BCUT2D eigenvalue weighted by atomic mass is 16.5. The highest BCUT2D eigenvalue weighted by Crippen LogP contribution is 2.22. The maximum Gasteiger partial charge on any atom is 0.228 e. The van der Waals surface area contributed by atoms with Crippen LogP contribution in [-0.2, 0) is 4.79 Å². The molecule has 1 atom stereocenters. The van der Waals surface area contributed by atoms with Gasteiger partial charge in [-0.05, 0) is 43.0 Å². The smallest absolute Gasteiger partial charge is 0.228 e. The fourth-order valence-corrected chi connectivity index (χ4v) is 2.08. The first-order valence-corrected chi connectivity index (χ1v) is 6.63. The van der Waals surface area contributed by atoms with E-state index in [-0.39, 0.29) is 11.8 Å². The summed E-state index contributed by atoms with van der Waals surface area (Å²) in [5.41, 5.74) is 7.45. The molecule has 4 heteroatoms. The van der Waals surface area contributed by atoms with E-state index in [1.807, 2.05) is 25.1 Å². The minimum atomic E-state index is -0.137. The van der Waals surface area contributed by atoms with Gasteiger partial charge in [-0.1, -0.05) is 13.8 Å². The van der Waals surface area contributed by atoms with E-state index in [9.17, 15) is 4.79 Å². The Labute approximate surface area is 115 Å². The number of hydrogen-bond acceptors (Lipinski definition) is 3. The van der Waals surface area contributed by atoms with Crippen LogP contribution < -0.4 is 15.8 Å². The van der Waals surface area contributed by atoms with Crippen molar-refractivity contribution in [3.8, 4) is 5.75 Å². The summed E-state index contributed by atoms with van der Waals surface area (Å²) in [5, 5.41) is 2.92. The molecule has 1 aromatic carbocycles. The van der Waals surface area contributed by atoms with E-state index in [0.717, 1.165) is 23.4 Å². The number of aryl methyl sites for hydroxylation is 1. The van der Waals surface area contributed by atoms with E-state index < -0.39 is 0 Å². The van der Waals surface area contributed by atoms with Crippen LogP contribution in [0.3, 0.4) is 0 Å². The Morgan fingerprint density at radius 3 is 2.58 bits per heavy atom. The number of benzene rings is 1. The van der Waals surface area contributed by atoms with Crippen LogP contribution >= 0.6 is 0 Å². The molecule has 106 valence electrons. The molecule has 0 bridgehead atoms. The van der Waals surface area contributed by atoms with Crippen LogP contribution in [0, 0.1) is 18.8 Å². The van der Waals surface area contributed by atoms with E-state index in [0.29, 0.717) is 12.5 Å². The van der Waals surface area contributed by atoms with E-state index in [1.54, 1.807) is 7.11 Å². The number of carbonyl (C=O) groups excluding carboxylic acids is 1. The topological polar surface area (TPSA) is 64.3 Å². The molecule has 0 aliphatic rings. The molecule has 1 unspecified atom stereocenters. The fourth-order valence-electron chi connectivity index (χ4n) is 2.08. The second kappa shape index (κ2) is 7.14. The van der Waals surface area contributed by atoms with E-state index in [4.69, 9.17) is 10.5 Å². The van der Waals surface area contributed by atoms with Crippen LogP contribution in [0.15, 0.2) is 18.2 Å². The molecule has 0 fully saturated rings. The van der Waals surface area contributed by atoms with Crippen molar-refractivity contribution in [3.05, 3.63) is 23.8 Å². The highest BCUT2D eigenvalue weighted by Gasteiger charge is 2.18. The van der Waals surface area contributed by atoms with E-state index in [1.165, 1.54) is 0 Å². The van der Waals surface area contributed by atoms with Crippen molar-refractivity contribution in [2.45, 2.75) is 27.2 Å². The SMILES string of the molecule is COc1ccc(NC(=O)C(CN)CC(C)C)cc1C. The van der Waals surface area contributed by atoms with Gasteiger partial charge in [0.05, 0.1) is 13.0 Å². The lowest BCUT2D eigenvalue weighted by Crippen LogP contribution is -2.30. The number of hydrogen-bond donors (Lipinski definition) is 2. The second-order valence-electron chi connectivity index (χ2n) is 5.24. The van der Waals surface area contributed by atoms with Gasteiger partial charge in [0.15, 0.2) is 0 Å². The highest BCUT2D eigenvalue weighted by molar-refractivity contribution is 5.92. The van der Waals surface area contributed by atoms with Gasteiger partial charge in [-0.2, -0.15) is 0 Å². The Balaban J connectivity index is 2.72. The van der Waals surface area contributed by atoms with Gasteiger partial charge in [-0.15, -0.1) is 0 Å². The van der Waals surface area contributed by atoms with Gasteiger partial charge in [0.25, 0.3) is 0 Å². The molecule has 1 amide bonds. The Bertz CT molecular complexity index is 430. The van der Waals surface area contributed by atoms with Crippen LogP contribution in [0.4, 0.5) is 5.69 Å². The number of methoxy groups -OCH3 is 1. The number of ether oxygens (including phenoxy) is 1. The maximum absolute atomic E-state index is 12.1. The molecule has 0 saturated heterocycles. The van der Waals surface area contributed by atoms with Gasteiger partial charge in [-0.3, -0.25) is 4.79 Å². The summed E-state index contributed by atoms with van der Waals surface area (Å²) in [6, 6.07) is 5.59. The van der Waals surface area contributed by atoms with Crippen LogP contribution in [0.1, 0.15) is 25.8 Å². The number of carbonyl (C=O) groups is 1. The van der Waals surface area contributed by atoms with Crippen LogP contribution in [0.5, 0.6) is 5.75 Å². The van der Waals surface area contributed by atoms with Gasteiger partial charge in [0, 0.05) is 12.2 Å². The molecule has 0 aliphatic carbocycles. The van der Waals surface area contributed by atoms with Crippen molar-refractivity contribution < 1.29 is 9.53 Å². The average Bonchev–Trinajstić information content (AvgIpc) is 2.35. The molecule has 0 aliphatic heterocycles. The van der Waals surface area contributed by atoms with Gasteiger partial charge >= 0.3 is 0 Å². The lowest BCUT2D eigenvalue weighted by Gasteiger charge is -2.17. The normalized spacial score (nSPS) is 12.3. The maximum atomic E-state index is 12.1. The Morgan fingerprint density at radius 2 is 2.11 bits per heavy atom. The first-order valence-electron chi connectivity index (χ1n) is 6.63. The lowest BCUT2D eigenvalue weighted by atomic mass is 9.96. The molecular weight excluding hydrogens is 240 g/mol. The summed E-state index contributed by atoms with van der Waals surface area (Å²) in [6.07, 6.45) is 0.803. The zero-order valence-corrected chi connectivity index (χ0v) is 12.2. The van der Waals surface area contributed by atoms with Crippen molar-refractivity contribution in [2.75, 3.05) is 19.0 Å². The third-order valence-corrected chi connectivity index (χ3v) is 3.07. The second-order valence-corrected chi connectivity index (χ2v) is 5.24. The summed E-state index contributed by atoms with van der Waals surface area (Å²) >= 11 is 0. The van der Waals surface area contributed by atoms with Crippen molar-refractivity contribution in [1.29, 1.82) is 0 Å². The third kappa shape index (κ3) is 4.56. The number of amides is 1. The molecular formula is C15H24N2O2. The Kier molecular flexibility index (Phi) is 5.83. The number of anilines is 1. The monoisotopic (exact) mass is 264 g/mol.